The second-order valence-corrected chi connectivity index (χ2v) is 5.92. The summed E-state index contributed by atoms with van der Waals surface area (Å²) in [7, 11) is 0. The summed E-state index contributed by atoms with van der Waals surface area (Å²) in [5.41, 5.74) is 0.807. The van der Waals surface area contributed by atoms with E-state index in [2.05, 4.69) is 5.32 Å². The number of rotatable bonds is 2. The molecule has 0 saturated carbocycles. The molecule has 102 valence electrons. The lowest BCUT2D eigenvalue weighted by Crippen LogP contribution is -2.11. The molecular weight excluding hydrogens is 304 g/mol. The third-order valence-electron chi connectivity index (χ3n) is 3.00. The molecule has 3 nitrogen and oxygen atoms in total. The number of thiophene rings is 1. The van der Waals surface area contributed by atoms with Crippen molar-refractivity contribution < 1.29 is 4.79 Å². The number of amides is 1. The molecule has 1 N–H and O–H groups in total. The SMILES string of the molecule is N#Cc1ccc(Cl)cc1NC(=O)c1cc2ccccc2s1. The Kier molecular flexibility index (Phi) is 3.61. The van der Waals surface area contributed by atoms with Crippen LogP contribution in [0.4, 0.5) is 5.69 Å². The first-order valence-electron chi connectivity index (χ1n) is 6.17. The fraction of sp³-hybridized carbons (Fsp3) is 0. The van der Waals surface area contributed by atoms with E-state index in [1.54, 1.807) is 18.2 Å². The van der Waals surface area contributed by atoms with Crippen molar-refractivity contribution in [3.63, 3.8) is 0 Å². The van der Waals surface area contributed by atoms with Crippen molar-refractivity contribution in [2.24, 2.45) is 0 Å². The number of nitrogens with one attached hydrogen (secondary N) is 1. The largest absolute Gasteiger partial charge is 0.320 e. The van der Waals surface area contributed by atoms with Crippen LogP contribution < -0.4 is 5.32 Å². The second kappa shape index (κ2) is 5.57. The van der Waals surface area contributed by atoms with Crippen LogP contribution in [0.1, 0.15) is 15.2 Å². The Bertz CT molecular complexity index is 846. The molecule has 0 aliphatic heterocycles. The smallest absolute Gasteiger partial charge is 0.265 e. The maximum absolute atomic E-state index is 12.3. The summed E-state index contributed by atoms with van der Waals surface area (Å²) in [5, 5.41) is 13.3. The predicted molar refractivity (Wildman–Crippen MR) is 85.9 cm³/mol. The third kappa shape index (κ3) is 2.75. The van der Waals surface area contributed by atoms with Crippen molar-refractivity contribution in [2.45, 2.75) is 0 Å². The minimum absolute atomic E-state index is 0.241. The third-order valence-corrected chi connectivity index (χ3v) is 4.35. The molecule has 1 aromatic heterocycles. The van der Waals surface area contributed by atoms with Gasteiger partial charge in [0, 0.05) is 9.72 Å². The molecule has 0 fully saturated rings. The van der Waals surface area contributed by atoms with Crippen molar-refractivity contribution in [2.75, 3.05) is 5.32 Å². The number of hydrogen-bond donors (Lipinski definition) is 1. The van der Waals surface area contributed by atoms with E-state index in [9.17, 15) is 4.79 Å². The van der Waals surface area contributed by atoms with Crippen molar-refractivity contribution in [1.82, 2.24) is 0 Å². The number of nitriles is 1. The van der Waals surface area contributed by atoms with E-state index in [0.717, 1.165) is 10.1 Å². The first kappa shape index (κ1) is 13.6. The number of benzene rings is 2. The Morgan fingerprint density at radius 3 is 2.76 bits per heavy atom. The first-order valence-corrected chi connectivity index (χ1v) is 7.36. The Hall–Kier alpha value is -2.35. The topological polar surface area (TPSA) is 52.9 Å². The van der Waals surface area contributed by atoms with Crippen LogP contribution in [-0.4, -0.2) is 5.91 Å². The van der Waals surface area contributed by atoms with E-state index < -0.39 is 0 Å². The van der Waals surface area contributed by atoms with Gasteiger partial charge < -0.3 is 5.32 Å². The molecule has 5 heteroatoms. The lowest BCUT2D eigenvalue weighted by Gasteiger charge is -2.06. The number of nitrogens with zero attached hydrogens (tertiary/aromatic N) is 1. The molecule has 0 atom stereocenters. The molecule has 0 spiro atoms. The molecule has 0 unspecified atom stereocenters. The summed E-state index contributed by atoms with van der Waals surface area (Å²) in [6.45, 7) is 0. The van der Waals surface area contributed by atoms with Crippen molar-refractivity contribution in [3.8, 4) is 6.07 Å². The number of carbonyl (C=O) groups is 1. The van der Waals surface area contributed by atoms with Gasteiger partial charge in [0.2, 0.25) is 0 Å². The molecule has 0 saturated heterocycles. The molecule has 1 amide bonds. The lowest BCUT2D eigenvalue weighted by molar-refractivity contribution is 0.103. The Morgan fingerprint density at radius 1 is 1.19 bits per heavy atom. The number of carbonyl (C=O) groups excluding carboxylic acids is 1. The number of anilines is 1. The van der Waals surface area contributed by atoms with Gasteiger partial charge in [-0.1, -0.05) is 29.8 Å². The van der Waals surface area contributed by atoms with Crippen LogP contribution in [-0.2, 0) is 0 Å². The normalized spacial score (nSPS) is 10.3. The van der Waals surface area contributed by atoms with Crippen LogP contribution in [0.5, 0.6) is 0 Å². The van der Waals surface area contributed by atoms with Crippen LogP contribution in [0.2, 0.25) is 5.02 Å². The van der Waals surface area contributed by atoms with Crippen LogP contribution in [0.15, 0.2) is 48.5 Å². The highest BCUT2D eigenvalue weighted by Gasteiger charge is 2.12. The fourth-order valence-electron chi connectivity index (χ4n) is 2.00. The first-order chi connectivity index (χ1) is 10.2. The number of fused-ring (bicyclic) bond motifs is 1. The molecule has 0 aliphatic rings. The van der Waals surface area contributed by atoms with Gasteiger partial charge in [0.15, 0.2) is 0 Å². The van der Waals surface area contributed by atoms with E-state index in [0.29, 0.717) is 21.2 Å². The van der Waals surface area contributed by atoms with Gasteiger partial charge in [0.05, 0.1) is 16.1 Å². The van der Waals surface area contributed by atoms with Crippen molar-refractivity contribution in [3.05, 3.63) is 64.0 Å². The van der Waals surface area contributed by atoms with Gasteiger partial charge in [-0.25, -0.2) is 0 Å². The molecule has 21 heavy (non-hydrogen) atoms. The van der Waals surface area contributed by atoms with Gasteiger partial charge in [0.1, 0.15) is 6.07 Å². The average molecular weight is 313 g/mol. The van der Waals surface area contributed by atoms with Gasteiger partial charge in [-0.2, -0.15) is 5.26 Å². The standard InChI is InChI=1S/C16H9ClN2OS/c17-12-6-5-11(9-18)13(8-12)19-16(20)15-7-10-3-1-2-4-14(10)21-15/h1-8H,(H,19,20). The lowest BCUT2D eigenvalue weighted by atomic mass is 10.2. The van der Waals surface area contributed by atoms with E-state index in [-0.39, 0.29) is 5.91 Å². The Morgan fingerprint density at radius 2 is 2.00 bits per heavy atom. The second-order valence-electron chi connectivity index (χ2n) is 4.40. The van der Waals surface area contributed by atoms with Crippen LogP contribution in [0.3, 0.4) is 0 Å². The number of hydrogen-bond acceptors (Lipinski definition) is 3. The Labute approximate surface area is 130 Å². The van der Waals surface area contributed by atoms with Crippen LogP contribution >= 0.6 is 22.9 Å². The molecule has 3 rings (SSSR count). The van der Waals surface area contributed by atoms with Gasteiger partial charge in [-0.15, -0.1) is 11.3 Å². The minimum atomic E-state index is -0.241. The summed E-state index contributed by atoms with van der Waals surface area (Å²) in [6.07, 6.45) is 0. The molecule has 1 heterocycles. The number of halogens is 1. The highest BCUT2D eigenvalue weighted by molar-refractivity contribution is 7.20. The molecule has 0 radical (unpaired) electrons. The van der Waals surface area contributed by atoms with Crippen LogP contribution in [0.25, 0.3) is 10.1 Å². The fourth-order valence-corrected chi connectivity index (χ4v) is 3.13. The maximum Gasteiger partial charge on any atom is 0.265 e. The van der Waals surface area contributed by atoms with Gasteiger partial charge >= 0.3 is 0 Å². The van der Waals surface area contributed by atoms with Gasteiger partial charge in [-0.05, 0) is 35.7 Å². The molecule has 3 aromatic rings. The zero-order valence-electron chi connectivity index (χ0n) is 10.8. The van der Waals surface area contributed by atoms with Crippen LogP contribution in [0, 0.1) is 11.3 Å². The monoisotopic (exact) mass is 312 g/mol. The molecule has 2 aromatic carbocycles. The predicted octanol–water partition coefficient (Wildman–Crippen LogP) is 4.68. The summed E-state index contributed by atoms with van der Waals surface area (Å²) < 4.78 is 1.05. The van der Waals surface area contributed by atoms with E-state index in [1.807, 2.05) is 36.4 Å². The maximum atomic E-state index is 12.3. The zero-order valence-corrected chi connectivity index (χ0v) is 12.3. The molecule has 0 bridgehead atoms. The summed E-state index contributed by atoms with van der Waals surface area (Å²) >= 11 is 7.32. The summed E-state index contributed by atoms with van der Waals surface area (Å²) in [6, 6.07) is 16.5. The highest BCUT2D eigenvalue weighted by atomic mass is 35.5. The summed E-state index contributed by atoms with van der Waals surface area (Å²) in [5.74, 6) is -0.241. The quantitative estimate of drug-likeness (QED) is 0.747. The highest BCUT2D eigenvalue weighted by Crippen LogP contribution is 2.27. The van der Waals surface area contributed by atoms with E-state index in [4.69, 9.17) is 16.9 Å². The van der Waals surface area contributed by atoms with E-state index in [1.165, 1.54) is 11.3 Å². The Balaban J connectivity index is 1.93. The van der Waals surface area contributed by atoms with Crippen molar-refractivity contribution >= 4 is 44.6 Å². The minimum Gasteiger partial charge on any atom is -0.320 e. The van der Waals surface area contributed by atoms with Gasteiger partial charge in [0.25, 0.3) is 5.91 Å². The van der Waals surface area contributed by atoms with Gasteiger partial charge in [-0.3, -0.25) is 4.79 Å². The average Bonchev–Trinajstić information content (AvgIpc) is 2.91. The summed E-state index contributed by atoms with van der Waals surface area (Å²) in [4.78, 5) is 12.9. The van der Waals surface area contributed by atoms with Crippen molar-refractivity contribution in [1.29, 1.82) is 5.26 Å². The van der Waals surface area contributed by atoms with E-state index >= 15 is 0 Å². The molecular formula is C16H9ClN2OS. The molecule has 0 aliphatic carbocycles. The zero-order chi connectivity index (χ0) is 14.8.